The monoisotopic (exact) mass is 325 g/mol. The predicted molar refractivity (Wildman–Crippen MR) is 78.9 cm³/mol. The highest BCUT2D eigenvalue weighted by Gasteiger charge is 2.30. The molecule has 20 heavy (non-hydrogen) atoms. The summed E-state index contributed by atoms with van der Waals surface area (Å²) in [7, 11) is 0. The van der Waals surface area contributed by atoms with E-state index in [2.05, 4.69) is 35.9 Å². The summed E-state index contributed by atoms with van der Waals surface area (Å²) in [6.07, 6.45) is -1.22. The van der Waals surface area contributed by atoms with Gasteiger partial charge in [-0.2, -0.15) is 25.3 Å². The van der Waals surface area contributed by atoms with Crippen LogP contribution in [0.2, 0.25) is 0 Å². The van der Waals surface area contributed by atoms with E-state index in [1.165, 1.54) is 6.92 Å². The molecule has 0 saturated carbocycles. The van der Waals surface area contributed by atoms with Crippen molar-refractivity contribution in [2.75, 3.05) is 11.5 Å². The highest BCUT2D eigenvalue weighted by atomic mass is 32.1. The number of carboxylic acids is 1. The number of carbonyl (C=O) groups is 3. The van der Waals surface area contributed by atoms with Crippen molar-refractivity contribution in [2.24, 2.45) is 5.73 Å². The summed E-state index contributed by atoms with van der Waals surface area (Å²) in [6.45, 7) is 1.28. The van der Waals surface area contributed by atoms with Gasteiger partial charge in [-0.1, -0.05) is 0 Å². The third-order valence-electron chi connectivity index (χ3n) is 2.39. The molecule has 0 aromatic carbocycles. The fourth-order valence-corrected chi connectivity index (χ4v) is 1.61. The fourth-order valence-electron chi connectivity index (χ4n) is 1.20. The lowest BCUT2D eigenvalue weighted by molar-refractivity contribution is -0.142. The van der Waals surface area contributed by atoms with Gasteiger partial charge in [0.15, 0.2) is 0 Å². The molecule has 0 aromatic heterocycles. The molecule has 4 atom stereocenters. The topological polar surface area (TPSA) is 142 Å². The molecular formula is C10H19N3O5S2. The number of nitrogens with two attached hydrogens (primary N) is 1. The Balaban J connectivity index is 4.79. The third kappa shape index (κ3) is 5.99. The first-order chi connectivity index (χ1) is 9.24. The number of thiol groups is 2. The number of aliphatic carboxylic acids is 1. The van der Waals surface area contributed by atoms with Gasteiger partial charge < -0.3 is 26.6 Å². The molecule has 0 rings (SSSR count). The molecule has 0 aliphatic heterocycles. The van der Waals surface area contributed by atoms with E-state index >= 15 is 0 Å². The van der Waals surface area contributed by atoms with Crippen LogP contribution in [0.1, 0.15) is 6.92 Å². The van der Waals surface area contributed by atoms with Crippen LogP contribution in [-0.2, 0) is 14.4 Å². The van der Waals surface area contributed by atoms with Crippen molar-refractivity contribution in [1.82, 2.24) is 10.6 Å². The van der Waals surface area contributed by atoms with Gasteiger partial charge in [0.25, 0.3) is 0 Å². The number of amides is 2. The van der Waals surface area contributed by atoms with Crippen LogP contribution in [0.4, 0.5) is 0 Å². The molecule has 0 heterocycles. The van der Waals surface area contributed by atoms with Crippen LogP contribution in [0.25, 0.3) is 0 Å². The quantitative estimate of drug-likeness (QED) is 0.248. The third-order valence-corrected chi connectivity index (χ3v) is 3.15. The Morgan fingerprint density at radius 2 is 1.70 bits per heavy atom. The zero-order chi connectivity index (χ0) is 15.9. The summed E-state index contributed by atoms with van der Waals surface area (Å²) in [6, 6.07) is -3.47. The minimum absolute atomic E-state index is 0.0639. The van der Waals surface area contributed by atoms with Gasteiger partial charge in [-0.25, -0.2) is 4.79 Å². The summed E-state index contributed by atoms with van der Waals surface area (Å²) < 4.78 is 0. The van der Waals surface area contributed by atoms with Crippen molar-refractivity contribution in [3.05, 3.63) is 0 Å². The Bertz CT molecular complexity index is 367. The Labute approximate surface area is 127 Å². The SMILES string of the molecule is CC(O)C(NC(=O)C(N)CS)C(=O)NC(CS)C(=O)O. The highest BCUT2D eigenvalue weighted by Crippen LogP contribution is 1.98. The van der Waals surface area contributed by atoms with Gasteiger partial charge in [0.05, 0.1) is 12.1 Å². The van der Waals surface area contributed by atoms with Crippen LogP contribution in [0, 0.1) is 0 Å². The van der Waals surface area contributed by atoms with Crippen LogP contribution in [0.15, 0.2) is 0 Å². The molecular weight excluding hydrogens is 306 g/mol. The molecule has 116 valence electrons. The van der Waals surface area contributed by atoms with Crippen LogP contribution < -0.4 is 16.4 Å². The van der Waals surface area contributed by atoms with Gasteiger partial charge in [0.2, 0.25) is 11.8 Å². The Morgan fingerprint density at radius 1 is 1.15 bits per heavy atom. The summed E-state index contributed by atoms with van der Waals surface area (Å²) in [5.74, 6) is -2.83. The summed E-state index contributed by atoms with van der Waals surface area (Å²) >= 11 is 7.63. The smallest absolute Gasteiger partial charge is 0.327 e. The van der Waals surface area contributed by atoms with Crippen molar-refractivity contribution in [3.8, 4) is 0 Å². The zero-order valence-corrected chi connectivity index (χ0v) is 12.6. The molecule has 0 aromatic rings. The van der Waals surface area contributed by atoms with Gasteiger partial charge in [-0.3, -0.25) is 9.59 Å². The van der Waals surface area contributed by atoms with E-state index < -0.39 is 42.0 Å². The van der Waals surface area contributed by atoms with E-state index in [0.29, 0.717) is 0 Å². The molecule has 4 unspecified atom stereocenters. The highest BCUT2D eigenvalue weighted by molar-refractivity contribution is 7.80. The molecule has 8 nitrogen and oxygen atoms in total. The lowest BCUT2D eigenvalue weighted by atomic mass is 10.1. The number of hydrogen-bond acceptors (Lipinski definition) is 7. The molecule has 0 saturated heterocycles. The predicted octanol–water partition coefficient (Wildman–Crippen LogP) is -2.39. The van der Waals surface area contributed by atoms with E-state index in [9.17, 15) is 19.5 Å². The first-order valence-electron chi connectivity index (χ1n) is 5.73. The maximum absolute atomic E-state index is 11.9. The normalized spacial score (nSPS) is 16.6. The van der Waals surface area contributed by atoms with Crippen molar-refractivity contribution < 1.29 is 24.6 Å². The van der Waals surface area contributed by atoms with Gasteiger partial charge in [0.1, 0.15) is 12.1 Å². The average Bonchev–Trinajstić information content (AvgIpc) is 2.39. The summed E-state index contributed by atoms with van der Waals surface area (Å²) in [5.41, 5.74) is 5.43. The first-order valence-corrected chi connectivity index (χ1v) is 7.00. The Kier molecular flexibility index (Phi) is 8.62. The number of carboxylic acid groups (broad SMARTS) is 1. The average molecular weight is 325 g/mol. The molecule has 0 fully saturated rings. The molecule has 0 bridgehead atoms. The second kappa shape index (κ2) is 9.06. The summed E-state index contributed by atoms with van der Waals surface area (Å²) in [5, 5.41) is 22.7. The number of hydrogen-bond donors (Lipinski definition) is 7. The maximum Gasteiger partial charge on any atom is 0.327 e. The van der Waals surface area contributed by atoms with Crippen molar-refractivity contribution in [2.45, 2.75) is 31.2 Å². The van der Waals surface area contributed by atoms with Gasteiger partial charge in [-0.15, -0.1) is 0 Å². The van der Waals surface area contributed by atoms with Gasteiger partial charge in [-0.05, 0) is 6.92 Å². The fraction of sp³-hybridized carbons (Fsp3) is 0.700. The Morgan fingerprint density at radius 3 is 2.05 bits per heavy atom. The molecule has 10 heteroatoms. The Hall–Kier alpha value is -0.970. The van der Waals surface area contributed by atoms with Crippen molar-refractivity contribution in [1.29, 1.82) is 0 Å². The molecule has 0 radical (unpaired) electrons. The number of aliphatic hydroxyl groups excluding tert-OH is 1. The standard InChI is InChI=1S/C10H19N3O5S2/c1-4(14)7(13-8(15)5(11)2-19)9(16)12-6(3-20)10(17)18/h4-7,14,19-20H,2-3,11H2,1H3,(H,12,16)(H,13,15)(H,17,18). The lowest BCUT2D eigenvalue weighted by Gasteiger charge is -2.23. The van der Waals surface area contributed by atoms with E-state index in [4.69, 9.17) is 10.8 Å². The van der Waals surface area contributed by atoms with E-state index in [1.807, 2.05) is 0 Å². The van der Waals surface area contributed by atoms with E-state index in [1.54, 1.807) is 0 Å². The molecule has 0 aliphatic carbocycles. The van der Waals surface area contributed by atoms with Crippen LogP contribution in [-0.4, -0.2) is 63.7 Å². The minimum atomic E-state index is -1.31. The molecule has 0 aliphatic rings. The van der Waals surface area contributed by atoms with Crippen molar-refractivity contribution >= 4 is 43.0 Å². The maximum atomic E-state index is 11.9. The van der Waals surface area contributed by atoms with E-state index in [-0.39, 0.29) is 11.5 Å². The first kappa shape index (κ1) is 19.0. The van der Waals surface area contributed by atoms with Crippen LogP contribution >= 0.6 is 25.3 Å². The molecule has 0 spiro atoms. The van der Waals surface area contributed by atoms with E-state index in [0.717, 1.165) is 0 Å². The van der Waals surface area contributed by atoms with Crippen molar-refractivity contribution in [3.63, 3.8) is 0 Å². The number of nitrogens with one attached hydrogen (secondary N) is 2. The number of aliphatic hydroxyl groups is 1. The van der Waals surface area contributed by atoms with Crippen LogP contribution in [0.5, 0.6) is 0 Å². The molecule has 6 N–H and O–H groups in total. The number of carbonyl (C=O) groups excluding carboxylic acids is 2. The zero-order valence-electron chi connectivity index (χ0n) is 10.8. The second-order valence-electron chi connectivity index (χ2n) is 4.10. The van der Waals surface area contributed by atoms with Gasteiger partial charge >= 0.3 is 5.97 Å². The number of rotatable bonds is 8. The molecule has 2 amide bonds. The summed E-state index contributed by atoms with van der Waals surface area (Å²) in [4.78, 5) is 34.2. The lowest BCUT2D eigenvalue weighted by Crippen LogP contribution is -2.58. The minimum Gasteiger partial charge on any atom is -0.480 e. The second-order valence-corrected chi connectivity index (χ2v) is 4.83. The van der Waals surface area contributed by atoms with Gasteiger partial charge in [0, 0.05) is 11.5 Å². The van der Waals surface area contributed by atoms with Crippen LogP contribution in [0.3, 0.4) is 0 Å². The largest absolute Gasteiger partial charge is 0.480 e.